The first-order valence-corrected chi connectivity index (χ1v) is 6.05. The molecule has 4 nitrogen and oxygen atoms in total. The van der Waals surface area contributed by atoms with Crippen molar-refractivity contribution >= 4 is 21.6 Å². The van der Waals surface area contributed by atoms with Crippen LogP contribution in [0.1, 0.15) is 0 Å². The highest BCUT2D eigenvalue weighted by Crippen LogP contribution is 2.28. The van der Waals surface area contributed by atoms with Gasteiger partial charge in [-0.3, -0.25) is 4.40 Å². The van der Waals surface area contributed by atoms with E-state index in [2.05, 4.69) is 25.9 Å². The van der Waals surface area contributed by atoms with Crippen molar-refractivity contribution < 1.29 is 13.5 Å². The fraction of sp³-hybridized carbons (Fsp3) is 0. The minimum Gasteiger partial charge on any atom is -0.433 e. The SMILES string of the molecule is Fc1cccc(Oc2nc(Br)cn3ccnc23)c1F. The summed E-state index contributed by atoms with van der Waals surface area (Å²) in [5.74, 6) is -2.19. The minimum atomic E-state index is -1.06. The van der Waals surface area contributed by atoms with Gasteiger partial charge in [0.1, 0.15) is 4.60 Å². The van der Waals surface area contributed by atoms with E-state index in [9.17, 15) is 8.78 Å². The van der Waals surface area contributed by atoms with E-state index >= 15 is 0 Å². The summed E-state index contributed by atoms with van der Waals surface area (Å²) in [4.78, 5) is 8.11. The number of hydrogen-bond acceptors (Lipinski definition) is 3. The van der Waals surface area contributed by atoms with E-state index in [0.717, 1.165) is 6.07 Å². The Morgan fingerprint density at radius 1 is 1.26 bits per heavy atom. The molecule has 0 aliphatic heterocycles. The lowest BCUT2D eigenvalue weighted by Gasteiger charge is -2.07. The van der Waals surface area contributed by atoms with Crippen molar-refractivity contribution in [3.63, 3.8) is 0 Å². The number of rotatable bonds is 2. The van der Waals surface area contributed by atoms with Crippen LogP contribution in [-0.2, 0) is 0 Å². The first-order valence-electron chi connectivity index (χ1n) is 5.26. The fourth-order valence-corrected chi connectivity index (χ4v) is 1.99. The van der Waals surface area contributed by atoms with Crippen molar-refractivity contribution in [1.82, 2.24) is 14.4 Å². The van der Waals surface area contributed by atoms with Crippen molar-refractivity contribution in [2.45, 2.75) is 0 Å². The zero-order valence-electron chi connectivity index (χ0n) is 9.35. The summed E-state index contributed by atoms with van der Waals surface area (Å²) >= 11 is 3.21. The molecule has 2 aromatic heterocycles. The summed E-state index contributed by atoms with van der Waals surface area (Å²) in [6.07, 6.45) is 4.92. The predicted molar refractivity (Wildman–Crippen MR) is 67.1 cm³/mol. The fourth-order valence-electron chi connectivity index (χ4n) is 1.61. The number of ether oxygens (including phenoxy) is 1. The van der Waals surface area contributed by atoms with Gasteiger partial charge in [0, 0.05) is 18.6 Å². The standard InChI is InChI=1S/C12H6BrF2N3O/c13-9-6-18-5-4-16-11(18)12(17-9)19-8-3-1-2-7(14)10(8)15/h1-6H. The first kappa shape index (κ1) is 12.0. The van der Waals surface area contributed by atoms with Gasteiger partial charge in [-0.2, -0.15) is 4.39 Å². The van der Waals surface area contributed by atoms with Gasteiger partial charge < -0.3 is 4.74 Å². The monoisotopic (exact) mass is 325 g/mol. The van der Waals surface area contributed by atoms with Gasteiger partial charge in [-0.1, -0.05) is 6.07 Å². The molecule has 0 aliphatic carbocycles. The number of imidazole rings is 1. The van der Waals surface area contributed by atoms with Crippen LogP contribution in [0.15, 0.2) is 41.4 Å². The van der Waals surface area contributed by atoms with Gasteiger partial charge in [0.2, 0.25) is 11.5 Å². The van der Waals surface area contributed by atoms with Gasteiger partial charge in [0.15, 0.2) is 11.6 Å². The Kier molecular flexibility index (Phi) is 2.90. The number of halogens is 3. The van der Waals surface area contributed by atoms with Crippen LogP contribution in [0.3, 0.4) is 0 Å². The molecule has 0 amide bonds. The van der Waals surface area contributed by atoms with Crippen LogP contribution in [0.2, 0.25) is 0 Å². The first-order chi connectivity index (χ1) is 9.15. The van der Waals surface area contributed by atoms with Crippen molar-refractivity contribution in [3.05, 3.63) is 53.0 Å². The van der Waals surface area contributed by atoms with Crippen LogP contribution in [0.25, 0.3) is 5.65 Å². The molecule has 3 rings (SSSR count). The number of aromatic nitrogens is 3. The molecule has 0 saturated heterocycles. The molecular weight excluding hydrogens is 320 g/mol. The van der Waals surface area contributed by atoms with Gasteiger partial charge in [-0.15, -0.1) is 0 Å². The quantitative estimate of drug-likeness (QED) is 0.723. The van der Waals surface area contributed by atoms with Crippen LogP contribution < -0.4 is 4.74 Å². The molecule has 3 aromatic rings. The molecule has 0 bridgehead atoms. The molecule has 0 unspecified atom stereocenters. The van der Waals surface area contributed by atoms with Gasteiger partial charge in [0.05, 0.1) is 0 Å². The van der Waals surface area contributed by atoms with E-state index < -0.39 is 11.6 Å². The van der Waals surface area contributed by atoms with E-state index in [1.54, 1.807) is 23.0 Å². The third-order valence-corrected chi connectivity index (χ3v) is 2.82. The third kappa shape index (κ3) is 2.17. The zero-order chi connectivity index (χ0) is 13.4. The van der Waals surface area contributed by atoms with Crippen LogP contribution in [0.5, 0.6) is 11.6 Å². The minimum absolute atomic E-state index is 0.0869. The maximum Gasteiger partial charge on any atom is 0.265 e. The predicted octanol–water partition coefficient (Wildman–Crippen LogP) is 3.56. The summed E-state index contributed by atoms with van der Waals surface area (Å²) in [5.41, 5.74) is 0.409. The van der Waals surface area contributed by atoms with E-state index in [-0.39, 0.29) is 11.6 Å². The number of hydrogen-bond donors (Lipinski definition) is 0. The average molecular weight is 326 g/mol. The second kappa shape index (κ2) is 4.58. The Balaban J connectivity index is 2.10. The van der Waals surface area contributed by atoms with Gasteiger partial charge >= 0.3 is 0 Å². The molecule has 0 aliphatic rings. The molecule has 2 heterocycles. The lowest BCUT2D eigenvalue weighted by atomic mass is 10.3. The second-order valence-electron chi connectivity index (χ2n) is 3.68. The van der Waals surface area contributed by atoms with Gasteiger partial charge in [-0.25, -0.2) is 14.4 Å². The highest BCUT2D eigenvalue weighted by atomic mass is 79.9. The molecule has 19 heavy (non-hydrogen) atoms. The summed E-state index contributed by atoms with van der Waals surface area (Å²) in [6, 6.07) is 3.69. The van der Waals surface area contributed by atoms with E-state index in [1.165, 1.54) is 12.1 Å². The third-order valence-electron chi connectivity index (χ3n) is 2.44. The normalized spacial score (nSPS) is 10.9. The Morgan fingerprint density at radius 2 is 2.11 bits per heavy atom. The van der Waals surface area contributed by atoms with Crippen molar-refractivity contribution in [3.8, 4) is 11.6 Å². The van der Waals surface area contributed by atoms with E-state index in [1.807, 2.05) is 0 Å². The van der Waals surface area contributed by atoms with Crippen molar-refractivity contribution in [2.75, 3.05) is 0 Å². The summed E-state index contributed by atoms with van der Waals surface area (Å²) < 4.78 is 34.1. The highest BCUT2D eigenvalue weighted by Gasteiger charge is 2.14. The summed E-state index contributed by atoms with van der Waals surface area (Å²) in [7, 11) is 0. The van der Waals surface area contributed by atoms with Crippen LogP contribution in [0, 0.1) is 11.6 Å². The molecule has 0 spiro atoms. The summed E-state index contributed by atoms with van der Waals surface area (Å²) in [5, 5.41) is 0. The van der Waals surface area contributed by atoms with Crippen LogP contribution in [-0.4, -0.2) is 14.4 Å². The van der Waals surface area contributed by atoms with Crippen LogP contribution in [0.4, 0.5) is 8.78 Å². The topological polar surface area (TPSA) is 39.4 Å². The lowest BCUT2D eigenvalue weighted by molar-refractivity contribution is 0.406. The molecule has 0 saturated carbocycles. The molecule has 7 heteroatoms. The maximum absolute atomic E-state index is 13.5. The van der Waals surface area contributed by atoms with Crippen molar-refractivity contribution in [2.24, 2.45) is 0 Å². The highest BCUT2D eigenvalue weighted by molar-refractivity contribution is 9.10. The average Bonchev–Trinajstić information content (AvgIpc) is 2.83. The van der Waals surface area contributed by atoms with Crippen molar-refractivity contribution in [1.29, 1.82) is 0 Å². The van der Waals surface area contributed by atoms with Gasteiger partial charge in [-0.05, 0) is 28.1 Å². The zero-order valence-corrected chi connectivity index (χ0v) is 10.9. The Labute approximate surface area is 114 Å². The van der Waals surface area contributed by atoms with Crippen LogP contribution >= 0.6 is 15.9 Å². The van der Waals surface area contributed by atoms with E-state index in [4.69, 9.17) is 4.74 Å². The summed E-state index contributed by atoms with van der Waals surface area (Å²) in [6.45, 7) is 0. The van der Waals surface area contributed by atoms with E-state index in [0.29, 0.717) is 10.3 Å². The second-order valence-corrected chi connectivity index (χ2v) is 4.49. The number of benzene rings is 1. The lowest BCUT2D eigenvalue weighted by Crippen LogP contribution is -1.97. The Bertz CT molecular complexity index is 760. The largest absolute Gasteiger partial charge is 0.433 e. The number of fused-ring (bicyclic) bond motifs is 1. The Morgan fingerprint density at radius 3 is 2.95 bits per heavy atom. The Hall–Kier alpha value is -2.02. The molecule has 0 radical (unpaired) electrons. The molecule has 0 N–H and O–H groups in total. The molecule has 96 valence electrons. The molecule has 1 aromatic carbocycles. The number of nitrogens with zero attached hydrogens (tertiary/aromatic N) is 3. The van der Waals surface area contributed by atoms with Gasteiger partial charge in [0.25, 0.3) is 5.88 Å². The molecule has 0 atom stereocenters. The maximum atomic E-state index is 13.5. The molecule has 0 fully saturated rings. The molecular formula is C12H6BrF2N3O. The smallest absolute Gasteiger partial charge is 0.265 e.